The highest BCUT2D eigenvalue weighted by Gasteiger charge is 2.34. The lowest BCUT2D eigenvalue weighted by Gasteiger charge is -2.32. The number of hydrogen-bond donors (Lipinski definition) is 1. The fourth-order valence-electron chi connectivity index (χ4n) is 4.53. The lowest BCUT2D eigenvalue weighted by Crippen LogP contribution is -2.27. The molecular weight excluding hydrogens is 402 g/mol. The normalized spacial score (nSPS) is 12.3. The number of nitrogens with zero attached hydrogens (tertiary/aromatic N) is 1. The molecule has 0 aliphatic carbocycles. The van der Waals surface area contributed by atoms with Gasteiger partial charge in [-0.1, -0.05) is 45.9 Å². The van der Waals surface area contributed by atoms with Crippen LogP contribution in [0.25, 0.3) is 0 Å². The first-order valence-corrected chi connectivity index (χ1v) is 12.5. The van der Waals surface area contributed by atoms with Crippen LogP contribution in [0.3, 0.4) is 0 Å². The third-order valence-electron chi connectivity index (χ3n) is 7.27. The van der Waals surface area contributed by atoms with Crippen molar-refractivity contribution in [1.82, 2.24) is 4.90 Å². The number of aliphatic hydroxyl groups is 1. The zero-order valence-corrected chi connectivity index (χ0v) is 21.6. The van der Waals surface area contributed by atoms with Gasteiger partial charge in [0.05, 0.1) is 10.5 Å². The monoisotopic (exact) mass is 443 g/mol. The summed E-state index contributed by atoms with van der Waals surface area (Å²) in [6, 6.07) is 9.08. The highest BCUT2D eigenvalue weighted by atomic mass is 32.1. The number of rotatable bonds is 10. The first-order valence-electron chi connectivity index (χ1n) is 11.7. The number of carbonyl (C=O) groups excluding carboxylic acids is 1. The van der Waals surface area contributed by atoms with E-state index in [-0.39, 0.29) is 11.3 Å². The molecule has 0 spiro atoms. The lowest BCUT2D eigenvalue weighted by atomic mass is 9.73. The third-order valence-corrected chi connectivity index (χ3v) is 8.70. The van der Waals surface area contributed by atoms with Gasteiger partial charge in [0.2, 0.25) is 0 Å². The minimum Gasteiger partial charge on any atom is -0.390 e. The third kappa shape index (κ3) is 5.23. The molecule has 0 unspecified atom stereocenters. The van der Waals surface area contributed by atoms with E-state index in [1.807, 2.05) is 21.0 Å². The molecule has 1 aromatic carbocycles. The predicted molar refractivity (Wildman–Crippen MR) is 133 cm³/mol. The lowest BCUT2D eigenvalue weighted by molar-refractivity contribution is 0.0239. The molecule has 0 saturated heterocycles. The fourth-order valence-corrected chi connectivity index (χ4v) is 6.07. The molecule has 0 saturated carbocycles. The Labute approximate surface area is 193 Å². The van der Waals surface area contributed by atoms with E-state index in [1.54, 1.807) is 16.2 Å². The van der Waals surface area contributed by atoms with Gasteiger partial charge in [-0.2, -0.15) is 0 Å². The zero-order valence-electron chi connectivity index (χ0n) is 20.8. The zero-order chi connectivity index (χ0) is 23.4. The van der Waals surface area contributed by atoms with Gasteiger partial charge in [-0.15, -0.1) is 11.3 Å². The number of amides is 1. The standard InChI is InChI=1S/C27H41NO2S/c1-9-26(30,10-2)16-15-21-13-14-22(17-19(21)5)27(11-3,12-4)23-18-20(6)24(31-23)25(29)28(7)8/h13-14,17-18,30H,9-12,15-16H2,1-8H3. The van der Waals surface area contributed by atoms with Gasteiger partial charge in [0.25, 0.3) is 5.91 Å². The number of benzene rings is 1. The van der Waals surface area contributed by atoms with E-state index in [1.165, 1.54) is 21.6 Å². The molecule has 1 amide bonds. The maximum Gasteiger partial charge on any atom is 0.263 e. The van der Waals surface area contributed by atoms with Crippen molar-refractivity contribution in [3.8, 4) is 0 Å². The molecule has 4 heteroatoms. The Balaban J connectivity index is 2.42. The van der Waals surface area contributed by atoms with Crippen molar-refractivity contribution in [3.63, 3.8) is 0 Å². The molecule has 0 fully saturated rings. The van der Waals surface area contributed by atoms with Gasteiger partial charge in [-0.25, -0.2) is 0 Å². The quantitative estimate of drug-likeness (QED) is 0.446. The Bertz CT molecular complexity index is 889. The minimum atomic E-state index is -0.564. The van der Waals surface area contributed by atoms with Crippen LogP contribution < -0.4 is 0 Å². The molecular formula is C27H41NO2S. The second-order valence-electron chi connectivity index (χ2n) is 9.18. The van der Waals surface area contributed by atoms with Crippen molar-refractivity contribution in [2.24, 2.45) is 0 Å². The number of aryl methyl sites for hydroxylation is 3. The fraction of sp³-hybridized carbons (Fsp3) is 0.593. The van der Waals surface area contributed by atoms with Crippen LogP contribution >= 0.6 is 11.3 Å². The van der Waals surface area contributed by atoms with E-state index in [9.17, 15) is 9.90 Å². The van der Waals surface area contributed by atoms with E-state index in [4.69, 9.17) is 0 Å². The molecule has 1 N–H and O–H groups in total. The summed E-state index contributed by atoms with van der Waals surface area (Å²) in [5, 5.41) is 10.7. The summed E-state index contributed by atoms with van der Waals surface area (Å²) in [5.41, 5.74) is 4.34. The first kappa shape index (κ1) is 25.6. The van der Waals surface area contributed by atoms with Gasteiger partial charge in [-0.05, 0) is 80.7 Å². The molecule has 0 bridgehead atoms. The minimum absolute atomic E-state index is 0.0840. The van der Waals surface area contributed by atoms with Gasteiger partial charge < -0.3 is 10.0 Å². The van der Waals surface area contributed by atoms with Crippen LogP contribution in [0.5, 0.6) is 0 Å². The van der Waals surface area contributed by atoms with Crippen molar-refractivity contribution in [2.75, 3.05) is 14.1 Å². The number of hydrogen-bond acceptors (Lipinski definition) is 3. The summed E-state index contributed by atoms with van der Waals surface area (Å²) in [6.45, 7) is 12.9. The van der Waals surface area contributed by atoms with Crippen molar-refractivity contribution >= 4 is 17.2 Å². The van der Waals surface area contributed by atoms with Crippen molar-refractivity contribution in [1.29, 1.82) is 0 Å². The molecule has 0 atom stereocenters. The summed E-state index contributed by atoms with van der Waals surface area (Å²) >= 11 is 1.65. The molecule has 2 aromatic rings. The highest BCUT2D eigenvalue weighted by Crippen LogP contribution is 2.44. The average molecular weight is 444 g/mol. The SMILES string of the molecule is CCC(O)(CC)CCc1ccc(C(CC)(CC)c2cc(C)c(C(=O)N(C)C)s2)cc1C. The molecule has 0 aliphatic rings. The molecule has 1 aromatic heterocycles. The Morgan fingerprint density at radius 2 is 1.58 bits per heavy atom. The maximum absolute atomic E-state index is 12.6. The first-order chi connectivity index (χ1) is 14.6. The van der Waals surface area contributed by atoms with Gasteiger partial charge in [0.1, 0.15) is 0 Å². The van der Waals surface area contributed by atoms with Crippen molar-refractivity contribution in [2.45, 2.75) is 91.1 Å². The average Bonchev–Trinajstić information content (AvgIpc) is 3.15. The Kier molecular flexibility index (Phi) is 8.52. The number of thiophene rings is 1. The highest BCUT2D eigenvalue weighted by molar-refractivity contribution is 7.14. The van der Waals surface area contributed by atoms with E-state index >= 15 is 0 Å². The van der Waals surface area contributed by atoms with Crippen LogP contribution in [0.15, 0.2) is 24.3 Å². The summed E-state index contributed by atoms with van der Waals surface area (Å²) in [7, 11) is 3.63. The van der Waals surface area contributed by atoms with E-state index in [0.717, 1.165) is 49.0 Å². The largest absolute Gasteiger partial charge is 0.390 e. The van der Waals surface area contributed by atoms with Crippen LogP contribution in [-0.2, 0) is 11.8 Å². The molecule has 2 rings (SSSR count). The maximum atomic E-state index is 12.6. The van der Waals surface area contributed by atoms with Crippen LogP contribution in [0.4, 0.5) is 0 Å². The second kappa shape index (κ2) is 10.3. The van der Waals surface area contributed by atoms with Crippen molar-refractivity contribution in [3.05, 3.63) is 56.3 Å². The Morgan fingerprint density at radius 1 is 0.968 bits per heavy atom. The molecule has 0 aliphatic heterocycles. The Hall–Kier alpha value is -1.65. The molecule has 0 radical (unpaired) electrons. The van der Waals surface area contributed by atoms with Gasteiger partial charge in [0, 0.05) is 24.4 Å². The summed E-state index contributed by atoms with van der Waals surface area (Å²) < 4.78 is 0. The predicted octanol–water partition coefficient (Wildman–Crippen LogP) is 6.66. The summed E-state index contributed by atoms with van der Waals surface area (Å²) in [4.78, 5) is 16.4. The van der Waals surface area contributed by atoms with E-state index in [0.29, 0.717) is 0 Å². The van der Waals surface area contributed by atoms with Gasteiger partial charge >= 0.3 is 0 Å². The summed E-state index contributed by atoms with van der Waals surface area (Å²) in [6.07, 6.45) is 5.26. The van der Waals surface area contributed by atoms with Gasteiger partial charge in [-0.3, -0.25) is 4.79 Å². The van der Waals surface area contributed by atoms with Gasteiger partial charge in [0.15, 0.2) is 0 Å². The summed E-state index contributed by atoms with van der Waals surface area (Å²) in [5.74, 6) is 0.0840. The number of carbonyl (C=O) groups is 1. The molecule has 1 heterocycles. The van der Waals surface area contributed by atoms with Crippen molar-refractivity contribution < 1.29 is 9.90 Å². The molecule has 31 heavy (non-hydrogen) atoms. The smallest absolute Gasteiger partial charge is 0.263 e. The van der Waals surface area contributed by atoms with Crippen LogP contribution in [-0.4, -0.2) is 35.6 Å². The van der Waals surface area contributed by atoms with Crippen LogP contribution in [0.2, 0.25) is 0 Å². The van der Waals surface area contributed by atoms with E-state index < -0.39 is 5.60 Å². The van der Waals surface area contributed by atoms with Crippen LogP contribution in [0.1, 0.15) is 96.6 Å². The molecule has 172 valence electrons. The Morgan fingerprint density at radius 3 is 2.06 bits per heavy atom. The topological polar surface area (TPSA) is 40.5 Å². The van der Waals surface area contributed by atoms with E-state index in [2.05, 4.69) is 58.9 Å². The molecule has 3 nitrogen and oxygen atoms in total. The second-order valence-corrected chi connectivity index (χ2v) is 10.2. The van der Waals surface area contributed by atoms with Crippen LogP contribution in [0, 0.1) is 13.8 Å².